The number of benzene rings is 1. The van der Waals surface area contributed by atoms with E-state index in [4.69, 9.17) is 4.74 Å². The Morgan fingerprint density at radius 3 is 2.44 bits per heavy atom. The van der Waals surface area contributed by atoms with E-state index in [-0.39, 0.29) is 0 Å². The average molecular weight is 285 g/mol. The Kier molecular flexibility index (Phi) is 7.32. The van der Waals surface area contributed by atoms with Crippen LogP contribution < -0.4 is 4.74 Å². The van der Waals surface area contributed by atoms with Crippen LogP contribution in [0.2, 0.25) is 0 Å². The first-order valence-corrected chi connectivity index (χ1v) is 7.26. The van der Waals surface area contributed by atoms with Crippen molar-refractivity contribution in [2.24, 2.45) is 0 Å². The molecule has 0 saturated heterocycles. The third-order valence-electron chi connectivity index (χ3n) is 2.51. The van der Waals surface area contributed by atoms with Crippen molar-refractivity contribution in [1.29, 1.82) is 0 Å². The summed E-state index contributed by atoms with van der Waals surface area (Å²) in [7, 11) is 0. The third-order valence-corrected chi connectivity index (χ3v) is 3.07. The number of hydrogen-bond donors (Lipinski definition) is 0. The van der Waals surface area contributed by atoms with Crippen molar-refractivity contribution in [1.82, 2.24) is 0 Å². The van der Waals surface area contributed by atoms with E-state index in [9.17, 15) is 0 Å². The number of ether oxygens (including phenoxy) is 1. The number of rotatable bonds is 8. The molecule has 0 aliphatic carbocycles. The summed E-state index contributed by atoms with van der Waals surface area (Å²) in [6.45, 7) is 3.04. The molecule has 0 aliphatic heterocycles. The van der Waals surface area contributed by atoms with Crippen LogP contribution in [0.3, 0.4) is 0 Å². The average Bonchev–Trinajstić information content (AvgIpc) is 2.31. The Labute approximate surface area is 107 Å². The van der Waals surface area contributed by atoms with Gasteiger partial charge in [-0.25, -0.2) is 0 Å². The molecule has 0 bridgehead atoms. The first kappa shape index (κ1) is 13.6. The van der Waals surface area contributed by atoms with Crippen LogP contribution in [-0.4, -0.2) is 11.9 Å². The van der Waals surface area contributed by atoms with E-state index < -0.39 is 0 Å². The highest BCUT2D eigenvalue weighted by molar-refractivity contribution is 9.09. The lowest BCUT2D eigenvalue weighted by molar-refractivity contribution is 0.306. The highest BCUT2D eigenvalue weighted by Crippen LogP contribution is 2.14. The van der Waals surface area contributed by atoms with Gasteiger partial charge in [-0.1, -0.05) is 41.4 Å². The lowest BCUT2D eigenvalue weighted by Gasteiger charge is -2.06. The van der Waals surface area contributed by atoms with Gasteiger partial charge in [0.25, 0.3) is 0 Å². The first-order chi connectivity index (χ1) is 7.86. The second kappa shape index (κ2) is 8.63. The van der Waals surface area contributed by atoms with Crippen LogP contribution in [0.15, 0.2) is 24.3 Å². The maximum atomic E-state index is 5.67. The minimum Gasteiger partial charge on any atom is -0.494 e. The van der Waals surface area contributed by atoms with Gasteiger partial charge in [-0.05, 0) is 43.4 Å². The van der Waals surface area contributed by atoms with Crippen molar-refractivity contribution in [2.45, 2.75) is 39.0 Å². The molecule has 1 aromatic carbocycles. The number of alkyl halides is 1. The van der Waals surface area contributed by atoms with E-state index >= 15 is 0 Å². The van der Waals surface area contributed by atoms with Crippen LogP contribution in [0.1, 0.15) is 38.2 Å². The topological polar surface area (TPSA) is 9.23 Å². The van der Waals surface area contributed by atoms with E-state index in [0.29, 0.717) is 0 Å². The highest BCUT2D eigenvalue weighted by Gasteiger charge is 1.95. The summed E-state index contributed by atoms with van der Waals surface area (Å²) in [5.41, 5.74) is 1.40. The second-order valence-electron chi connectivity index (χ2n) is 3.99. The molecule has 1 rings (SSSR count). The Balaban J connectivity index is 2.21. The Bertz CT molecular complexity index is 269. The van der Waals surface area contributed by atoms with Crippen molar-refractivity contribution < 1.29 is 4.74 Å². The van der Waals surface area contributed by atoms with Crippen molar-refractivity contribution in [3.63, 3.8) is 0 Å². The minimum atomic E-state index is 0.833. The molecule has 0 atom stereocenters. The zero-order valence-corrected chi connectivity index (χ0v) is 11.6. The molecule has 0 fully saturated rings. The molecular weight excluding hydrogens is 264 g/mol. The van der Waals surface area contributed by atoms with Crippen molar-refractivity contribution >= 4 is 15.9 Å². The lowest BCUT2D eigenvalue weighted by Crippen LogP contribution is -1.97. The van der Waals surface area contributed by atoms with Crippen LogP contribution in [0, 0.1) is 0 Å². The molecule has 0 heterocycles. The normalized spacial score (nSPS) is 10.4. The van der Waals surface area contributed by atoms with Crippen LogP contribution in [0.25, 0.3) is 0 Å². The monoisotopic (exact) mass is 284 g/mol. The summed E-state index contributed by atoms with van der Waals surface area (Å²) >= 11 is 3.43. The predicted octanol–water partition coefficient (Wildman–Crippen LogP) is 4.58. The minimum absolute atomic E-state index is 0.833. The summed E-state index contributed by atoms with van der Waals surface area (Å²) in [6.07, 6.45) is 5.97. The third kappa shape index (κ3) is 5.55. The highest BCUT2D eigenvalue weighted by atomic mass is 79.9. The molecular formula is C14H21BrO. The standard InChI is InChI=1S/C14H21BrO/c1-2-6-13-7-9-14(10-8-13)16-12-5-3-4-11-15/h7-10H,2-6,11-12H2,1H3. The summed E-state index contributed by atoms with van der Waals surface area (Å²) in [5, 5.41) is 1.10. The van der Waals surface area contributed by atoms with Crippen molar-refractivity contribution in [3.8, 4) is 5.75 Å². The predicted molar refractivity (Wildman–Crippen MR) is 73.6 cm³/mol. The summed E-state index contributed by atoms with van der Waals surface area (Å²) < 4.78 is 5.67. The van der Waals surface area contributed by atoms with E-state index in [1.54, 1.807) is 0 Å². The molecule has 0 unspecified atom stereocenters. The van der Waals surface area contributed by atoms with Gasteiger partial charge in [0.2, 0.25) is 0 Å². The van der Waals surface area contributed by atoms with E-state index in [1.807, 2.05) is 0 Å². The molecule has 90 valence electrons. The molecule has 1 nitrogen and oxygen atoms in total. The summed E-state index contributed by atoms with van der Waals surface area (Å²) in [4.78, 5) is 0. The first-order valence-electron chi connectivity index (χ1n) is 6.14. The molecule has 0 radical (unpaired) electrons. The molecule has 0 amide bonds. The fourth-order valence-corrected chi connectivity index (χ4v) is 2.00. The fraction of sp³-hybridized carbons (Fsp3) is 0.571. The van der Waals surface area contributed by atoms with Crippen LogP contribution in [0.4, 0.5) is 0 Å². The number of unbranched alkanes of at least 4 members (excludes halogenated alkanes) is 2. The number of hydrogen-bond acceptors (Lipinski definition) is 1. The van der Waals surface area contributed by atoms with Crippen LogP contribution in [0.5, 0.6) is 5.75 Å². The van der Waals surface area contributed by atoms with Crippen molar-refractivity contribution in [3.05, 3.63) is 29.8 Å². The lowest BCUT2D eigenvalue weighted by atomic mass is 10.1. The van der Waals surface area contributed by atoms with E-state index in [1.165, 1.54) is 24.8 Å². The molecule has 0 spiro atoms. The molecule has 0 N–H and O–H groups in total. The van der Waals surface area contributed by atoms with Gasteiger partial charge in [-0.15, -0.1) is 0 Å². The van der Waals surface area contributed by atoms with Gasteiger partial charge in [0.1, 0.15) is 5.75 Å². The van der Waals surface area contributed by atoms with Crippen LogP contribution in [-0.2, 0) is 6.42 Å². The van der Waals surface area contributed by atoms with E-state index in [0.717, 1.165) is 30.5 Å². The molecule has 2 heteroatoms. The maximum absolute atomic E-state index is 5.67. The number of halogens is 1. The zero-order chi connectivity index (χ0) is 11.6. The Morgan fingerprint density at radius 1 is 1.06 bits per heavy atom. The van der Waals surface area contributed by atoms with Gasteiger partial charge in [0, 0.05) is 5.33 Å². The quantitative estimate of drug-likeness (QED) is 0.501. The van der Waals surface area contributed by atoms with Gasteiger partial charge in [0.05, 0.1) is 6.61 Å². The smallest absolute Gasteiger partial charge is 0.119 e. The Morgan fingerprint density at radius 2 is 1.81 bits per heavy atom. The molecule has 16 heavy (non-hydrogen) atoms. The number of aryl methyl sites for hydroxylation is 1. The molecule has 0 aliphatic rings. The largest absolute Gasteiger partial charge is 0.494 e. The molecule has 0 aromatic heterocycles. The fourth-order valence-electron chi connectivity index (χ4n) is 1.60. The van der Waals surface area contributed by atoms with Gasteiger partial charge in [0.15, 0.2) is 0 Å². The molecule has 0 saturated carbocycles. The van der Waals surface area contributed by atoms with E-state index in [2.05, 4.69) is 47.1 Å². The summed E-state index contributed by atoms with van der Waals surface area (Å²) in [6, 6.07) is 8.49. The Hall–Kier alpha value is -0.500. The van der Waals surface area contributed by atoms with Gasteiger partial charge in [-0.2, -0.15) is 0 Å². The van der Waals surface area contributed by atoms with Gasteiger partial charge < -0.3 is 4.74 Å². The van der Waals surface area contributed by atoms with Crippen molar-refractivity contribution in [2.75, 3.05) is 11.9 Å². The van der Waals surface area contributed by atoms with Crippen LogP contribution >= 0.6 is 15.9 Å². The van der Waals surface area contributed by atoms with Gasteiger partial charge >= 0.3 is 0 Å². The second-order valence-corrected chi connectivity index (χ2v) is 4.79. The summed E-state index contributed by atoms with van der Waals surface area (Å²) in [5.74, 6) is 0.999. The SMILES string of the molecule is CCCc1ccc(OCCCCCBr)cc1. The maximum Gasteiger partial charge on any atom is 0.119 e. The van der Waals surface area contributed by atoms with Gasteiger partial charge in [-0.3, -0.25) is 0 Å². The zero-order valence-electron chi connectivity index (χ0n) is 10.0. The molecule has 1 aromatic rings.